The predicted octanol–water partition coefficient (Wildman–Crippen LogP) is 0.0531. The molecule has 0 saturated carbocycles. The smallest absolute Gasteiger partial charge is 0.470 e. The van der Waals surface area contributed by atoms with Crippen LogP contribution in [0.4, 0.5) is 0 Å². The first kappa shape index (κ1) is 9.45. The minimum absolute atomic E-state index is 0.287. The molecule has 0 aliphatic rings. The van der Waals surface area contributed by atoms with Crippen molar-refractivity contribution in [2.24, 2.45) is 0 Å². The maximum absolute atomic E-state index is 9.90. The van der Waals surface area contributed by atoms with Gasteiger partial charge in [-0.3, -0.25) is 4.52 Å². The van der Waals surface area contributed by atoms with E-state index >= 15 is 0 Å². The first-order chi connectivity index (χ1) is 4.45. The van der Waals surface area contributed by atoms with Crippen LogP contribution >= 0.6 is 7.82 Å². The van der Waals surface area contributed by atoms with Gasteiger partial charge in [-0.15, -0.1) is 0 Å². The summed E-state index contributed by atoms with van der Waals surface area (Å²) in [5.74, 6) is -0.650. The molecule has 6 nitrogen and oxygen atoms in total. The van der Waals surface area contributed by atoms with Crippen molar-refractivity contribution in [2.45, 2.75) is 0 Å². The fraction of sp³-hybridized carbons (Fsp3) is 0.333. The van der Waals surface area contributed by atoms with Gasteiger partial charge in [0.15, 0.2) is 5.76 Å². The molecule has 0 aromatic rings. The molecule has 0 rings (SSSR count). The molecule has 0 spiro atoms. The zero-order chi connectivity index (χ0) is 8.20. The van der Waals surface area contributed by atoms with E-state index < -0.39 is 20.2 Å². The van der Waals surface area contributed by atoms with Crippen LogP contribution in [0.1, 0.15) is 0 Å². The van der Waals surface area contributed by atoms with Gasteiger partial charge in [0.25, 0.3) is 0 Å². The Labute approximate surface area is 56.6 Å². The lowest BCUT2D eigenvalue weighted by molar-refractivity contribution is 0.182. The summed E-state index contributed by atoms with van der Waals surface area (Å²) >= 11 is 0. The third-order valence-electron chi connectivity index (χ3n) is 0.530. The normalized spacial score (nSPS) is 13.6. The number of aliphatic hydroxyl groups excluding tert-OH is 2. The summed E-state index contributed by atoms with van der Waals surface area (Å²) in [4.78, 5) is 16.1. The quantitative estimate of drug-likeness (QED) is 0.352. The number of phosphoric acid groups is 1. The van der Waals surface area contributed by atoms with Crippen molar-refractivity contribution in [2.75, 3.05) is 6.61 Å². The third kappa shape index (κ3) is 5.58. The zero-order valence-corrected chi connectivity index (χ0v) is 5.73. The van der Waals surface area contributed by atoms with Crippen molar-refractivity contribution in [1.29, 1.82) is 0 Å². The van der Waals surface area contributed by atoms with Crippen LogP contribution in [0.2, 0.25) is 0 Å². The molecule has 10 heavy (non-hydrogen) atoms. The van der Waals surface area contributed by atoms with Crippen LogP contribution in [-0.4, -0.2) is 26.6 Å². The lowest BCUT2D eigenvalue weighted by Gasteiger charge is -2.02. The van der Waals surface area contributed by atoms with E-state index in [1.54, 1.807) is 0 Å². The Hall–Kier alpha value is -0.550. The van der Waals surface area contributed by atoms with Gasteiger partial charge in [0.05, 0.1) is 0 Å². The molecule has 7 heteroatoms. The minimum Gasteiger partial charge on any atom is -0.512 e. The highest BCUT2D eigenvalue weighted by atomic mass is 31.2. The molecule has 0 aromatic heterocycles. The summed E-state index contributed by atoms with van der Waals surface area (Å²) < 4.78 is 13.7. The van der Waals surface area contributed by atoms with Crippen molar-refractivity contribution >= 4 is 7.82 Å². The van der Waals surface area contributed by atoms with E-state index in [4.69, 9.17) is 20.0 Å². The molecule has 0 aliphatic heterocycles. The Balaban J connectivity index is 3.67. The Kier molecular flexibility index (Phi) is 3.38. The summed E-state index contributed by atoms with van der Waals surface area (Å²) in [7, 11) is -4.54. The van der Waals surface area contributed by atoms with E-state index in [2.05, 4.69) is 4.52 Å². The fourth-order valence-corrected chi connectivity index (χ4v) is 0.488. The van der Waals surface area contributed by atoms with Crippen molar-refractivity contribution in [3.63, 3.8) is 0 Å². The number of phosphoric ester groups is 1. The first-order valence-electron chi connectivity index (χ1n) is 2.18. The standard InChI is InChI=1S/C3H7O6P/c4-1-3(5)2-9-10(6,7)8/h1,4-5H,2H2,(H2,6,7,8)/b3-1+. The zero-order valence-electron chi connectivity index (χ0n) is 4.84. The van der Waals surface area contributed by atoms with Gasteiger partial charge in [0, 0.05) is 0 Å². The molecule has 0 amide bonds. The van der Waals surface area contributed by atoms with Crippen molar-refractivity contribution in [3.8, 4) is 0 Å². The lowest BCUT2D eigenvalue weighted by Crippen LogP contribution is -1.95. The molecule has 0 saturated heterocycles. The summed E-state index contributed by atoms with van der Waals surface area (Å²) in [6.07, 6.45) is 0.287. The van der Waals surface area contributed by atoms with Crippen LogP contribution in [0.3, 0.4) is 0 Å². The molecule has 0 heterocycles. The first-order valence-corrected chi connectivity index (χ1v) is 3.71. The van der Waals surface area contributed by atoms with Gasteiger partial charge in [-0.25, -0.2) is 4.57 Å². The topological polar surface area (TPSA) is 107 Å². The van der Waals surface area contributed by atoms with Crippen LogP contribution in [-0.2, 0) is 9.09 Å². The molecule has 0 atom stereocenters. The highest BCUT2D eigenvalue weighted by Crippen LogP contribution is 2.35. The largest absolute Gasteiger partial charge is 0.512 e. The van der Waals surface area contributed by atoms with Crippen LogP contribution < -0.4 is 0 Å². The van der Waals surface area contributed by atoms with E-state index in [9.17, 15) is 4.57 Å². The van der Waals surface area contributed by atoms with Gasteiger partial charge in [-0.05, 0) is 0 Å². The molecule has 0 aliphatic carbocycles. The molecule has 0 unspecified atom stereocenters. The average Bonchev–Trinajstić information content (AvgIpc) is 1.81. The number of rotatable bonds is 3. The van der Waals surface area contributed by atoms with E-state index in [1.165, 1.54) is 0 Å². The summed E-state index contributed by atoms with van der Waals surface area (Å²) in [6, 6.07) is 0. The molecule has 0 aromatic carbocycles. The summed E-state index contributed by atoms with van der Waals surface area (Å²) in [6.45, 7) is -0.708. The lowest BCUT2D eigenvalue weighted by atomic mass is 10.6. The SMILES string of the molecule is O=P(O)(O)OC/C(O)=C\O. The monoisotopic (exact) mass is 170 g/mol. The van der Waals surface area contributed by atoms with E-state index in [1.807, 2.05) is 0 Å². The predicted molar refractivity (Wildman–Crippen MR) is 31.3 cm³/mol. The Morgan fingerprint density at radius 2 is 2.10 bits per heavy atom. The van der Waals surface area contributed by atoms with Crippen molar-refractivity contribution < 1.29 is 29.1 Å². The maximum atomic E-state index is 9.90. The molecule has 0 radical (unpaired) electrons. The van der Waals surface area contributed by atoms with Crippen LogP contribution in [0, 0.1) is 0 Å². The summed E-state index contributed by atoms with van der Waals surface area (Å²) in [5, 5.41) is 16.4. The van der Waals surface area contributed by atoms with Gasteiger partial charge in [0.2, 0.25) is 0 Å². The molecule has 0 fully saturated rings. The number of hydrogen-bond donors (Lipinski definition) is 4. The highest BCUT2D eigenvalue weighted by molar-refractivity contribution is 7.46. The fourth-order valence-electron chi connectivity index (χ4n) is 0.187. The second-order valence-corrected chi connectivity index (χ2v) is 2.62. The Bertz CT molecular complexity index is 168. The Morgan fingerprint density at radius 3 is 2.40 bits per heavy atom. The van der Waals surface area contributed by atoms with Gasteiger partial charge < -0.3 is 20.0 Å². The molecular weight excluding hydrogens is 163 g/mol. The van der Waals surface area contributed by atoms with Crippen LogP contribution in [0.5, 0.6) is 0 Å². The van der Waals surface area contributed by atoms with Crippen LogP contribution in [0.15, 0.2) is 12.0 Å². The van der Waals surface area contributed by atoms with E-state index in [0.717, 1.165) is 0 Å². The van der Waals surface area contributed by atoms with E-state index in [0.29, 0.717) is 0 Å². The minimum atomic E-state index is -4.54. The second kappa shape index (κ2) is 3.58. The van der Waals surface area contributed by atoms with Gasteiger partial charge in [-0.1, -0.05) is 0 Å². The highest BCUT2D eigenvalue weighted by Gasteiger charge is 2.13. The number of hydrogen-bond acceptors (Lipinski definition) is 4. The Morgan fingerprint density at radius 1 is 1.60 bits per heavy atom. The third-order valence-corrected chi connectivity index (χ3v) is 0.995. The molecular formula is C3H7O6P. The molecule has 60 valence electrons. The van der Waals surface area contributed by atoms with Crippen molar-refractivity contribution in [1.82, 2.24) is 0 Å². The van der Waals surface area contributed by atoms with Crippen molar-refractivity contribution in [3.05, 3.63) is 12.0 Å². The van der Waals surface area contributed by atoms with Gasteiger partial charge >= 0.3 is 7.82 Å². The second-order valence-electron chi connectivity index (χ2n) is 1.38. The number of aliphatic hydroxyl groups is 2. The van der Waals surface area contributed by atoms with E-state index in [-0.39, 0.29) is 6.26 Å². The summed E-state index contributed by atoms with van der Waals surface area (Å²) in [5.41, 5.74) is 0. The molecule has 0 bridgehead atoms. The molecule has 4 N–H and O–H groups in total. The van der Waals surface area contributed by atoms with Gasteiger partial charge in [0.1, 0.15) is 12.9 Å². The maximum Gasteiger partial charge on any atom is 0.470 e. The van der Waals surface area contributed by atoms with Gasteiger partial charge in [-0.2, -0.15) is 0 Å². The van der Waals surface area contributed by atoms with Crippen LogP contribution in [0.25, 0.3) is 0 Å². The average molecular weight is 170 g/mol.